The Kier molecular flexibility index (Phi) is 5.08. The van der Waals surface area contributed by atoms with Crippen LogP contribution in [0.2, 0.25) is 0 Å². The van der Waals surface area contributed by atoms with Gasteiger partial charge >= 0.3 is 0 Å². The first-order valence-electron chi connectivity index (χ1n) is 6.37. The fourth-order valence-corrected chi connectivity index (χ4v) is 2.11. The normalized spacial score (nSPS) is 10.2. The van der Waals surface area contributed by atoms with Crippen LogP contribution in [0.15, 0.2) is 12.1 Å². The van der Waals surface area contributed by atoms with Crippen LogP contribution < -0.4 is 5.32 Å². The number of unbranched alkanes of at least 4 members (excludes halogenated alkanes) is 1. The molecule has 1 aromatic rings. The predicted octanol–water partition coefficient (Wildman–Crippen LogP) is 2.71. The summed E-state index contributed by atoms with van der Waals surface area (Å²) in [4.78, 5) is 23.8. The predicted molar refractivity (Wildman–Crippen MR) is 72.9 cm³/mol. The van der Waals surface area contributed by atoms with Gasteiger partial charge in [-0.15, -0.1) is 0 Å². The lowest BCUT2D eigenvalue weighted by Gasteiger charge is -2.10. The maximum absolute atomic E-state index is 12.1. The number of hydrogen-bond acceptors (Lipinski definition) is 2. The van der Waals surface area contributed by atoms with Gasteiger partial charge in [-0.25, -0.2) is 0 Å². The van der Waals surface area contributed by atoms with Crippen LogP contribution in [0.3, 0.4) is 0 Å². The highest BCUT2D eigenvalue weighted by molar-refractivity contribution is 6.43. The minimum Gasteiger partial charge on any atom is -0.349 e. The van der Waals surface area contributed by atoms with Crippen LogP contribution in [0, 0.1) is 20.8 Å². The summed E-state index contributed by atoms with van der Waals surface area (Å²) in [5.41, 5.74) is 3.37. The Balaban J connectivity index is 2.87. The van der Waals surface area contributed by atoms with Gasteiger partial charge in [0, 0.05) is 12.1 Å². The van der Waals surface area contributed by atoms with Crippen molar-refractivity contribution in [2.45, 2.75) is 40.5 Å². The number of Topliss-reactive ketones (excluding diaryl/α,β-unsaturated/α-hetero) is 1. The molecule has 0 aromatic heterocycles. The van der Waals surface area contributed by atoms with Crippen molar-refractivity contribution in [1.29, 1.82) is 0 Å². The van der Waals surface area contributed by atoms with Gasteiger partial charge in [0.25, 0.3) is 11.7 Å². The van der Waals surface area contributed by atoms with Crippen LogP contribution in [0.25, 0.3) is 0 Å². The monoisotopic (exact) mass is 247 g/mol. The van der Waals surface area contributed by atoms with E-state index in [1.54, 1.807) is 0 Å². The highest BCUT2D eigenvalue weighted by Gasteiger charge is 2.19. The van der Waals surface area contributed by atoms with Gasteiger partial charge in [0.1, 0.15) is 0 Å². The Bertz CT molecular complexity index is 441. The molecule has 0 aliphatic carbocycles. The van der Waals surface area contributed by atoms with E-state index in [4.69, 9.17) is 0 Å². The topological polar surface area (TPSA) is 46.2 Å². The van der Waals surface area contributed by atoms with Crippen LogP contribution in [-0.4, -0.2) is 18.2 Å². The molecule has 1 amide bonds. The number of carbonyl (C=O) groups excluding carboxylic acids is 2. The number of amides is 1. The third kappa shape index (κ3) is 3.42. The van der Waals surface area contributed by atoms with Crippen molar-refractivity contribution in [1.82, 2.24) is 5.32 Å². The van der Waals surface area contributed by atoms with E-state index in [0.717, 1.165) is 29.5 Å². The lowest BCUT2D eigenvalue weighted by atomic mass is 9.96. The van der Waals surface area contributed by atoms with E-state index in [1.165, 1.54) is 0 Å². The average molecular weight is 247 g/mol. The Morgan fingerprint density at radius 1 is 1.11 bits per heavy atom. The molecule has 1 aromatic carbocycles. The molecule has 0 bridgehead atoms. The van der Waals surface area contributed by atoms with Gasteiger partial charge in [-0.2, -0.15) is 0 Å². The molecule has 3 nitrogen and oxygen atoms in total. The Morgan fingerprint density at radius 2 is 1.67 bits per heavy atom. The molecule has 1 N–H and O–H groups in total. The molecule has 0 saturated carbocycles. The molecule has 0 heterocycles. The third-order valence-corrected chi connectivity index (χ3v) is 2.93. The Hall–Kier alpha value is -1.64. The second-order valence-electron chi connectivity index (χ2n) is 4.71. The first kappa shape index (κ1) is 14.4. The summed E-state index contributed by atoms with van der Waals surface area (Å²) in [5, 5.41) is 2.66. The molecule has 0 radical (unpaired) electrons. The van der Waals surface area contributed by atoms with Gasteiger partial charge in [-0.05, 0) is 38.3 Å². The fourth-order valence-electron chi connectivity index (χ4n) is 2.11. The number of carbonyl (C=O) groups is 2. The summed E-state index contributed by atoms with van der Waals surface area (Å²) in [6.07, 6.45) is 1.89. The summed E-state index contributed by atoms with van der Waals surface area (Å²) in [7, 11) is 0. The number of aryl methyl sites for hydroxylation is 3. The number of hydrogen-bond donors (Lipinski definition) is 1. The quantitative estimate of drug-likeness (QED) is 0.494. The zero-order chi connectivity index (χ0) is 13.7. The largest absolute Gasteiger partial charge is 0.349 e. The molecule has 0 atom stereocenters. The van der Waals surface area contributed by atoms with Gasteiger partial charge in [-0.3, -0.25) is 9.59 Å². The van der Waals surface area contributed by atoms with E-state index in [0.29, 0.717) is 12.1 Å². The molecule has 3 heteroatoms. The van der Waals surface area contributed by atoms with E-state index in [2.05, 4.69) is 5.32 Å². The van der Waals surface area contributed by atoms with E-state index >= 15 is 0 Å². The van der Waals surface area contributed by atoms with E-state index in [1.807, 2.05) is 39.8 Å². The van der Waals surface area contributed by atoms with Crippen molar-refractivity contribution in [3.63, 3.8) is 0 Å². The number of ketones is 1. The van der Waals surface area contributed by atoms with Gasteiger partial charge in [-0.1, -0.05) is 31.0 Å². The van der Waals surface area contributed by atoms with Gasteiger partial charge in [0.2, 0.25) is 0 Å². The molecule has 0 fully saturated rings. The Morgan fingerprint density at radius 3 is 2.17 bits per heavy atom. The summed E-state index contributed by atoms with van der Waals surface area (Å²) in [5.74, 6) is -0.931. The first-order chi connectivity index (χ1) is 8.47. The van der Waals surface area contributed by atoms with Crippen molar-refractivity contribution in [2.24, 2.45) is 0 Å². The number of rotatable bonds is 5. The van der Waals surface area contributed by atoms with E-state index in [9.17, 15) is 9.59 Å². The van der Waals surface area contributed by atoms with Gasteiger partial charge in [0.05, 0.1) is 0 Å². The van der Waals surface area contributed by atoms with Crippen molar-refractivity contribution < 1.29 is 9.59 Å². The highest BCUT2D eigenvalue weighted by Crippen LogP contribution is 2.16. The molecule has 18 heavy (non-hydrogen) atoms. The number of benzene rings is 1. The smallest absolute Gasteiger partial charge is 0.292 e. The molecule has 1 rings (SSSR count). The summed E-state index contributed by atoms with van der Waals surface area (Å²) >= 11 is 0. The maximum atomic E-state index is 12.1. The molecule has 98 valence electrons. The van der Waals surface area contributed by atoms with Crippen LogP contribution in [0.5, 0.6) is 0 Å². The zero-order valence-electron chi connectivity index (χ0n) is 11.6. The van der Waals surface area contributed by atoms with Crippen molar-refractivity contribution in [3.8, 4) is 0 Å². The van der Waals surface area contributed by atoms with Gasteiger partial charge < -0.3 is 5.32 Å². The molecule has 0 spiro atoms. The van der Waals surface area contributed by atoms with Crippen molar-refractivity contribution >= 4 is 11.7 Å². The highest BCUT2D eigenvalue weighted by atomic mass is 16.2. The standard InChI is InChI=1S/C15H21NO2/c1-5-6-7-16-15(18)14(17)13-11(3)8-10(2)9-12(13)4/h8-9H,5-7H2,1-4H3,(H,16,18). The van der Waals surface area contributed by atoms with Gasteiger partial charge in [0.15, 0.2) is 0 Å². The second-order valence-corrected chi connectivity index (χ2v) is 4.71. The lowest BCUT2D eigenvalue weighted by molar-refractivity contribution is -0.117. The van der Waals surface area contributed by atoms with Crippen LogP contribution >= 0.6 is 0 Å². The molecular formula is C15H21NO2. The van der Waals surface area contributed by atoms with E-state index < -0.39 is 11.7 Å². The summed E-state index contributed by atoms with van der Waals surface area (Å²) < 4.78 is 0. The summed E-state index contributed by atoms with van der Waals surface area (Å²) in [6.45, 7) is 8.32. The lowest BCUT2D eigenvalue weighted by Crippen LogP contribution is -2.32. The summed E-state index contributed by atoms with van der Waals surface area (Å²) in [6, 6.07) is 3.86. The first-order valence-corrected chi connectivity index (χ1v) is 6.37. The minimum atomic E-state index is -0.501. The molecule has 0 aliphatic rings. The SMILES string of the molecule is CCCCNC(=O)C(=O)c1c(C)cc(C)cc1C. The van der Waals surface area contributed by atoms with Crippen molar-refractivity contribution in [2.75, 3.05) is 6.54 Å². The minimum absolute atomic E-state index is 0.430. The molecule has 0 saturated heterocycles. The van der Waals surface area contributed by atoms with Crippen LogP contribution in [0.4, 0.5) is 0 Å². The maximum Gasteiger partial charge on any atom is 0.292 e. The zero-order valence-corrected chi connectivity index (χ0v) is 11.6. The second kappa shape index (κ2) is 6.34. The molecule has 0 aliphatic heterocycles. The van der Waals surface area contributed by atoms with Crippen LogP contribution in [0.1, 0.15) is 46.8 Å². The Labute approximate surface area is 109 Å². The van der Waals surface area contributed by atoms with Crippen molar-refractivity contribution in [3.05, 3.63) is 34.4 Å². The number of nitrogens with one attached hydrogen (secondary N) is 1. The fraction of sp³-hybridized carbons (Fsp3) is 0.467. The molecule has 0 unspecified atom stereocenters. The molecular weight excluding hydrogens is 226 g/mol. The third-order valence-electron chi connectivity index (χ3n) is 2.93. The van der Waals surface area contributed by atoms with E-state index in [-0.39, 0.29) is 0 Å². The average Bonchev–Trinajstić information content (AvgIpc) is 2.27. The van der Waals surface area contributed by atoms with Crippen LogP contribution in [-0.2, 0) is 4.79 Å².